The van der Waals surface area contributed by atoms with Crippen molar-refractivity contribution in [2.24, 2.45) is 0 Å². The summed E-state index contributed by atoms with van der Waals surface area (Å²) in [7, 11) is 0. The van der Waals surface area contributed by atoms with Gasteiger partial charge in [0, 0.05) is 11.8 Å². The van der Waals surface area contributed by atoms with E-state index in [0.29, 0.717) is 35.5 Å². The van der Waals surface area contributed by atoms with Gasteiger partial charge in [-0.15, -0.1) is 0 Å². The van der Waals surface area contributed by atoms with E-state index in [1.807, 2.05) is 0 Å². The van der Waals surface area contributed by atoms with Crippen LogP contribution in [0.15, 0.2) is 36.4 Å². The van der Waals surface area contributed by atoms with Crippen LogP contribution >= 0.6 is 0 Å². The fourth-order valence-corrected chi connectivity index (χ4v) is 6.01. The SMILES string of the molecule is CC(C)c1ccc(C(C)C)c2c1C=CC2CCC1C=Cc2c(C(C)C)ccc(C(C)C)c21. The van der Waals surface area contributed by atoms with E-state index in [-0.39, 0.29) is 0 Å². The van der Waals surface area contributed by atoms with Crippen LogP contribution in [0.2, 0.25) is 0 Å². The molecule has 2 aromatic carbocycles. The highest BCUT2D eigenvalue weighted by atomic mass is 14.3. The molecule has 0 aromatic heterocycles. The van der Waals surface area contributed by atoms with E-state index in [4.69, 9.17) is 0 Å². The first-order valence-corrected chi connectivity index (χ1v) is 12.9. The molecule has 0 fully saturated rings. The molecule has 0 amide bonds. The third-order valence-corrected chi connectivity index (χ3v) is 7.72. The summed E-state index contributed by atoms with van der Waals surface area (Å²) in [6, 6.07) is 9.58. The minimum absolute atomic E-state index is 0.550. The lowest BCUT2D eigenvalue weighted by Crippen LogP contribution is -2.08. The average molecular weight is 427 g/mol. The fourth-order valence-electron chi connectivity index (χ4n) is 6.01. The van der Waals surface area contributed by atoms with Crippen LogP contribution in [0.4, 0.5) is 0 Å². The van der Waals surface area contributed by atoms with Crippen molar-refractivity contribution in [3.63, 3.8) is 0 Å². The Kier molecular flexibility index (Phi) is 6.53. The smallest absolute Gasteiger partial charge is 0.00305 e. The zero-order valence-corrected chi connectivity index (χ0v) is 21.5. The number of fused-ring (bicyclic) bond motifs is 2. The molecule has 0 nitrogen and oxygen atoms in total. The molecular weight excluding hydrogens is 384 g/mol. The van der Waals surface area contributed by atoms with Crippen molar-refractivity contribution in [1.29, 1.82) is 0 Å². The molecule has 0 bridgehead atoms. The molecule has 4 rings (SSSR count). The van der Waals surface area contributed by atoms with Gasteiger partial charge in [0.1, 0.15) is 0 Å². The Bertz CT molecular complexity index is 957. The Labute approximate surface area is 196 Å². The summed E-state index contributed by atoms with van der Waals surface area (Å²) in [6.07, 6.45) is 12.3. The minimum atomic E-state index is 0.550. The first-order chi connectivity index (χ1) is 15.2. The number of rotatable bonds is 7. The highest BCUT2D eigenvalue weighted by molar-refractivity contribution is 5.70. The molecule has 2 aliphatic carbocycles. The molecule has 0 N–H and O–H groups in total. The molecule has 170 valence electrons. The summed E-state index contributed by atoms with van der Waals surface area (Å²) >= 11 is 0. The van der Waals surface area contributed by atoms with E-state index in [1.54, 1.807) is 22.3 Å². The lowest BCUT2D eigenvalue weighted by molar-refractivity contribution is 0.627. The maximum Gasteiger partial charge on any atom is 0.00305 e. The van der Waals surface area contributed by atoms with Crippen LogP contribution in [0.3, 0.4) is 0 Å². The van der Waals surface area contributed by atoms with Crippen LogP contribution in [0.1, 0.15) is 148 Å². The molecule has 0 radical (unpaired) electrons. The second kappa shape index (κ2) is 9.05. The van der Waals surface area contributed by atoms with Crippen LogP contribution in [-0.4, -0.2) is 0 Å². The Morgan fingerprint density at radius 1 is 0.500 bits per heavy atom. The molecule has 0 spiro atoms. The Balaban J connectivity index is 1.64. The van der Waals surface area contributed by atoms with Gasteiger partial charge >= 0.3 is 0 Å². The molecule has 0 heteroatoms. The molecule has 2 aromatic rings. The van der Waals surface area contributed by atoms with Gasteiger partial charge in [0.05, 0.1) is 0 Å². The summed E-state index contributed by atoms with van der Waals surface area (Å²) in [6.45, 7) is 18.7. The summed E-state index contributed by atoms with van der Waals surface area (Å²) in [5, 5.41) is 0. The van der Waals surface area contributed by atoms with Gasteiger partial charge in [-0.05, 0) is 81.0 Å². The summed E-state index contributed by atoms with van der Waals surface area (Å²) < 4.78 is 0. The number of hydrogen-bond acceptors (Lipinski definition) is 0. The third-order valence-electron chi connectivity index (χ3n) is 7.72. The largest absolute Gasteiger partial charge is 0.0764 e. The van der Waals surface area contributed by atoms with Crippen molar-refractivity contribution >= 4 is 12.2 Å². The monoisotopic (exact) mass is 426 g/mol. The molecule has 2 unspecified atom stereocenters. The summed E-state index contributed by atoms with van der Waals surface area (Å²) in [5.74, 6) is 3.38. The van der Waals surface area contributed by atoms with Gasteiger partial charge in [-0.2, -0.15) is 0 Å². The van der Waals surface area contributed by atoms with E-state index in [0.717, 1.165) is 0 Å². The van der Waals surface area contributed by atoms with Crippen LogP contribution in [0.25, 0.3) is 12.2 Å². The summed E-state index contributed by atoms with van der Waals surface area (Å²) in [5.41, 5.74) is 12.4. The van der Waals surface area contributed by atoms with Gasteiger partial charge in [0.15, 0.2) is 0 Å². The average Bonchev–Trinajstić information content (AvgIpc) is 3.34. The molecule has 2 atom stereocenters. The number of benzene rings is 2. The Hall–Kier alpha value is -2.08. The fraction of sp³-hybridized carbons (Fsp3) is 0.500. The van der Waals surface area contributed by atoms with E-state index < -0.39 is 0 Å². The molecule has 2 aliphatic rings. The maximum absolute atomic E-state index is 2.50. The van der Waals surface area contributed by atoms with Crippen molar-refractivity contribution < 1.29 is 0 Å². The van der Waals surface area contributed by atoms with Crippen molar-refractivity contribution in [3.05, 3.63) is 80.9 Å². The topological polar surface area (TPSA) is 0 Å². The standard InChI is InChI=1S/C32H42/c1-19(2)25-15-17-27(21(5)6)31-23(11-13-29(25)31)9-10-24-12-14-30-26(20(3)4)16-18-28(22(7)8)32(24)30/h11-24H,9-10H2,1-8H3. The van der Waals surface area contributed by atoms with Crippen molar-refractivity contribution in [2.45, 2.75) is 104 Å². The van der Waals surface area contributed by atoms with Crippen LogP contribution < -0.4 is 0 Å². The van der Waals surface area contributed by atoms with Crippen molar-refractivity contribution in [1.82, 2.24) is 0 Å². The highest BCUT2D eigenvalue weighted by Gasteiger charge is 2.29. The van der Waals surface area contributed by atoms with Crippen LogP contribution in [-0.2, 0) is 0 Å². The number of allylic oxidation sites excluding steroid dienone is 2. The molecule has 0 aliphatic heterocycles. The normalized spacial score (nSPS) is 19.1. The van der Waals surface area contributed by atoms with Gasteiger partial charge in [-0.25, -0.2) is 0 Å². The highest BCUT2D eigenvalue weighted by Crippen LogP contribution is 2.46. The van der Waals surface area contributed by atoms with Crippen LogP contribution in [0.5, 0.6) is 0 Å². The van der Waals surface area contributed by atoms with Gasteiger partial charge in [0.2, 0.25) is 0 Å². The van der Waals surface area contributed by atoms with E-state index >= 15 is 0 Å². The van der Waals surface area contributed by atoms with Gasteiger partial charge < -0.3 is 0 Å². The maximum atomic E-state index is 2.50. The van der Waals surface area contributed by atoms with E-state index in [9.17, 15) is 0 Å². The van der Waals surface area contributed by atoms with Gasteiger partial charge in [0.25, 0.3) is 0 Å². The van der Waals surface area contributed by atoms with Crippen molar-refractivity contribution in [2.75, 3.05) is 0 Å². The lowest BCUT2D eigenvalue weighted by Gasteiger charge is -2.24. The number of hydrogen-bond donors (Lipinski definition) is 0. The predicted octanol–water partition coefficient (Wildman–Crippen LogP) is 9.88. The molecule has 0 saturated carbocycles. The molecular formula is C32H42. The summed E-state index contributed by atoms with van der Waals surface area (Å²) in [4.78, 5) is 0. The van der Waals surface area contributed by atoms with Crippen LogP contribution in [0, 0.1) is 0 Å². The molecule has 0 heterocycles. The third kappa shape index (κ3) is 4.02. The quantitative estimate of drug-likeness (QED) is 0.413. The first-order valence-electron chi connectivity index (χ1n) is 12.9. The first kappa shape index (κ1) is 23.1. The van der Waals surface area contributed by atoms with E-state index in [2.05, 4.69) is 104 Å². The second-order valence-electron chi connectivity index (χ2n) is 11.3. The van der Waals surface area contributed by atoms with Gasteiger partial charge in [-0.1, -0.05) is 104 Å². The zero-order valence-electron chi connectivity index (χ0n) is 21.5. The van der Waals surface area contributed by atoms with Crippen molar-refractivity contribution in [3.8, 4) is 0 Å². The lowest BCUT2D eigenvalue weighted by atomic mass is 9.80. The van der Waals surface area contributed by atoms with Gasteiger partial charge in [-0.3, -0.25) is 0 Å². The second-order valence-corrected chi connectivity index (χ2v) is 11.3. The minimum Gasteiger partial charge on any atom is -0.0764 e. The molecule has 0 saturated heterocycles. The van der Waals surface area contributed by atoms with E-state index in [1.165, 1.54) is 35.1 Å². The Morgan fingerprint density at radius 3 is 1.12 bits per heavy atom. The Morgan fingerprint density at radius 2 is 0.812 bits per heavy atom. The predicted molar refractivity (Wildman–Crippen MR) is 142 cm³/mol. The zero-order chi connectivity index (χ0) is 23.2. The molecule has 32 heavy (non-hydrogen) atoms.